The van der Waals surface area contributed by atoms with Crippen LogP contribution in [0.15, 0.2) is 0 Å². The van der Waals surface area contributed by atoms with Crippen molar-refractivity contribution in [1.29, 1.82) is 0 Å². The molecule has 0 aromatic rings. The second-order valence-electron chi connectivity index (χ2n) is 6.20. The zero-order valence-corrected chi connectivity index (χ0v) is 11.2. The van der Waals surface area contributed by atoms with Gasteiger partial charge in [0, 0.05) is 44.9 Å². The van der Waals surface area contributed by atoms with Crippen molar-refractivity contribution in [1.82, 2.24) is 9.80 Å². The third kappa shape index (κ3) is 2.58. The zero-order valence-electron chi connectivity index (χ0n) is 11.2. The third-order valence-corrected chi connectivity index (χ3v) is 4.14. The number of rotatable bonds is 2. The standard InChI is InChI=1S/C13H26N2O/c1-13(2,3)15-8-5-11(9-15)14-7-6-12(10-14)16-4/h11-12H,5-10H2,1-4H3/t11-,12+/m1/s1. The zero-order chi connectivity index (χ0) is 11.8. The maximum Gasteiger partial charge on any atom is 0.0710 e. The van der Waals surface area contributed by atoms with Crippen LogP contribution in [0.1, 0.15) is 33.6 Å². The maximum atomic E-state index is 5.44. The van der Waals surface area contributed by atoms with Crippen LogP contribution in [-0.2, 0) is 4.74 Å². The molecule has 2 heterocycles. The molecule has 0 unspecified atom stereocenters. The smallest absolute Gasteiger partial charge is 0.0710 e. The van der Waals surface area contributed by atoms with E-state index in [1.54, 1.807) is 0 Å². The molecule has 3 nitrogen and oxygen atoms in total. The van der Waals surface area contributed by atoms with Gasteiger partial charge in [-0.1, -0.05) is 0 Å². The van der Waals surface area contributed by atoms with Gasteiger partial charge in [0.15, 0.2) is 0 Å². The Morgan fingerprint density at radius 2 is 1.81 bits per heavy atom. The molecule has 0 spiro atoms. The summed E-state index contributed by atoms with van der Waals surface area (Å²) >= 11 is 0. The molecule has 0 bridgehead atoms. The van der Waals surface area contributed by atoms with Crippen LogP contribution in [0.4, 0.5) is 0 Å². The van der Waals surface area contributed by atoms with Crippen LogP contribution >= 0.6 is 0 Å². The van der Waals surface area contributed by atoms with Gasteiger partial charge in [0.2, 0.25) is 0 Å². The Balaban J connectivity index is 1.85. The second kappa shape index (κ2) is 4.63. The summed E-state index contributed by atoms with van der Waals surface area (Å²) in [6.07, 6.45) is 3.01. The van der Waals surface area contributed by atoms with Crippen molar-refractivity contribution in [3.63, 3.8) is 0 Å². The molecule has 16 heavy (non-hydrogen) atoms. The second-order valence-corrected chi connectivity index (χ2v) is 6.20. The normalized spacial score (nSPS) is 33.8. The minimum Gasteiger partial charge on any atom is -0.380 e. The van der Waals surface area contributed by atoms with Crippen LogP contribution in [-0.4, -0.2) is 60.8 Å². The predicted molar refractivity (Wildman–Crippen MR) is 66.7 cm³/mol. The molecule has 0 aromatic heterocycles. The summed E-state index contributed by atoms with van der Waals surface area (Å²) in [5, 5.41) is 0. The summed E-state index contributed by atoms with van der Waals surface area (Å²) in [5.41, 5.74) is 0.329. The van der Waals surface area contributed by atoms with Gasteiger partial charge in [-0.3, -0.25) is 9.80 Å². The molecule has 0 aromatic carbocycles. The van der Waals surface area contributed by atoms with Gasteiger partial charge < -0.3 is 4.74 Å². The summed E-state index contributed by atoms with van der Waals surface area (Å²) in [4.78, 5) is 5.23. The van der Waals surface area contributed by atoms with E-state index in [0.717, 1.165) is 12.6 Å². The van der Waals surface area contributed by atoms with Crippen LogP contribution in [0, 0.1) is 0 Å². The van der Waals surface area contributed by atoms with Gasteiger partial charge in [0.05, 0.1) is 6.10 Å². The Bertz CT molecular complexity index is 237. The van der Waals surface area contributed by atoms with Crippen LogP contribution in [0.5, 0.6) is 0 Å². The molecular weight excluding hydrogens is 200 g/mol. The van der Waals surface area contributed by atoms with Gasteiger partial charge >= 0.3 is 0 Å². The largest absolute Gasteiger partial charge is 0.380 e. The molecule has 2 aliphatic rings. The highest BCUT2D eigenvalue weighted by atomic mass is 16.5. The van der Waals surface area contributed by atoms with Crippen molar-refractivity contribution in [3.05, 3.63) is 0 Å². The predicted octanol–water partition coefficient (Wildman–Crippen LogP) is 1.58. The first kappa shape index (κ1) is 12.3. The van der Waals surface area contributed by atoms with Crippen LogP contribution < -0.4 is 0 Å². The Labute approximate surface area is 99.7 Å². The van der Waals surface area contributed by atoms with Crippen molar-refractivity contribution in [2.24, 2.45) is 0 Å². The third-order valence-electron chi connectivity index (χ3n) is 4.14. The fourth-order valence-electron chi connectivity index (χ4n) is 2.93. The molecule has 0 N–H and O–H groups in total. The van der Waals surface area contributed by atoms with E-state index in [4.69, 9.17) is 4.74 Å². The SMILES string of the molecule is CO[C@H]1CCN([C@@H]2CCN(C(C)(C)C)C2)C1. The lowest BCUT2D eigenvalue weighted by molar-refractivity contribution is 0.0982. The van der Waals surface area contributed by atoms with E-state index < -0.39 is 0 Å². The number of likely N-dealkylation sites (tertiary alicyclic amines) is 2. The molecule has 0 amide bonds. The van der Waals surface area contributed by atoms with E-state index in [0.29, 0.717) is 11.6 Å². The summed E-state index contributed by atoms with van der Waals surface area (Å²) in [5.74, 6) is 0. The van der Waals surface area contributed by atoms with Gasteiger partial charge in [0.25, 0.3) is 0 Å². The van der Waals surface area contributed by atoms with Crippen molar-refractivity contribution in [2.75, 3.05) is 33.3 Å². The molecule has 3 heteroatoms. The first-order valence-corrected chi connectivity index (χ1v) is 6.52. The van der Waals surface area contributed by atoms with Crippen LogP contribution in [0.2, 0.25) is 0 Å². The lowest BCUT2D eigenvalue weighted by Gasteiger charge is -2.32. The lowest BCUT2D eigenvalue weighted by Crippen LogP contribution is -2.43. The molecule has 0 radical (unpaired) electrons. The van der Waals surface area contributed by atoms with Gasteiger partial charge in [-0.15, -0.1) is 0 Å². The number of hydrogen-bond acceptors (Lipinski definition) is 3. The van der Waals surface area contributed by atoms with Gasteiger partial charge in [0.1, 0.15) is 0 Å². The molecule has 2 aliphatic heterocycles. The molecule has 0 aliphatic carbocycles. The quantitative estimate of drug-likeness (QED) is 0.711. The van der Waals surface area contributed by atoms with E-state index in [2.05, 4.69) is 30.6 Å². The molecule has 2 fully saturated rings. The van der Waals surface area contributed by atoms with E-state index in [-0.39, 0.29) is 0 Å². The Morgan fingerprint density at radius 3 is 2.31 bits per heavy atom. The number of hydrogen-bond donors (Lipinski definition) is 0. The number of methoxy groups -OCH3 is 1. The van der Waals surface area contributed by atoms with E-state index in [9.17, 15) is 0 Å². The monoisotopic (exact) mass is 226 g/mol. The number of ether oxygens (including phenoxy) is 1. The molecular formula is C13H26N2O. The highest BCUT2D eigenvalue weighted by Gasteiger charge is 2.35. The van der Waals surface area contributed by atoms with E-state index in [1.165, 1.54) is 32.5 Å². The topological polar surface area (TPSA) is 15.7 Å². The fraction of sp³-hybridized carbons (Fsp3) is 1.00. The average Bonchev–Trinajstić information content (AvgIpc) is 2.85. The van der Waals surface area contributed by atoms with Crippen LogP contribution in [0.25, 0.3) is 0 Å². The molecule has 94 valence electrons. The lowest BCUT2D eigenvalue weighted by atomic mass is 10.1. The Kier molecular flexibility index (Phi) is 3.57. The molecule has 2 atom stereocenters. The molecule has 0 saturated carbocycles. The fourth-order valence-corrected chi connectivity index (χ4v) is 2.93. The van der Waals surface area contributed by atoms with E-state index in [1.807, 2.05) is 7.11 Å². The maximum absolute atomic E-state index is 5.44. The van der Waals surface area contributed by atoms with Crippen LogP contribution in [0.3, 0.4) is 0 Å². The highest BCUT2D eigenvalue weighted by molar-refractivity contribution is 4.92. The van der Waals surface area contributed by atoms with Gasteiger partial charge in [-0.2, -0.15) is 0 Å². The van der Waals surface area contributed by atoms with Crippen molar-refractivity contribution in [2.45, 2.75) is 51.3 Å². The summed E-state index contributed by atoms with van der Waals surface area (Å²) in [7, 11) is 1.84. The minimum absolute atomic E-state index is 0.329. The van der Waals surface area contributed by atoms with Crippen molar-refractivity contribution in [3.8, 4) is 0 Å². The molecule has 2 rings (SSSR count). The van der Waals surface area contributed by atoms with E-state index >= 15 is 0 Å². The Hall–Kier alpha value is -0.120. The molecule has 2 saturated heterocycles. The van der Waals surface area contributed by atoms with Crippen molar-refractivity contribution < 1.29 is 4.74 Å². The van der Waals surface area contributed by atoms with Gasteiger partial charge in [-0.25, -0.2) is 0 Å². The number of nitrogens with zero attached hydrogens (tertiary/aromatic N) is 2. The Morgan fingerprint density at radius 1 is 1.06 bits per heavy atom. The first-order chi connectivity index (χ1) is 7.50. The summed E-state index contributed by atoms with van der Waals surface area (Å²) in [6.45, 7) is 11.8. The van der Waals surface area contributed by atoms with Crippen molar-refractivity contribution >= 4 is 0 Å². The van der Waals surface area contributed by atoms with Gasteiger partial charge in [-0.05, 0) is 33.6 Å². The minimum atomic E-state index is 0.329. The first-order valence-electron chi connectivity index (χ1n) is 6.52. The average molecular weight is 226 g/mol. The highest BCUT2D eigenvalue weighted by Crippen LogP contribution is 2.26. The summed E-state index contributed by atoms with van der Waals surface area (Å²) in [6, 6.07) is 0.763. The summed E-state index contributed by atoms with van der Waals surface area (Å²) < 4.78 is 5.44.